The van der Waals surface area contributed by atoms with Gasteiger partial charge >= 0.3 is 0 Å². The molecule has 2 rings (SSSR count). The average Bonchev–Trinajstić information content (AvgIpc) is 2.33. The maximum atomic E-state index is 11.3. The molecule has 6 nitrogen and oxygen atoms in total. The molecule has 0 amide bonds. The molecule has 0 spiro atoms. The third-order valence-corrected chi connectivity index (χ3v) is 3.94. The Labute approximate surface area is 112 Å². The van der Waals surface area contributed by atoms with Crippen LogP contribution in [0.3, 0.4) is 0 Å². The molecule has 1 unspecified atom stereocenters. The van der Waals surface area contributed by atoms with Crippen LogP contribution in [-0.4, -0.2) is 32.7 Å². The van der Waals surface area contributed by atoms with Crippen LogP contribution in [0, 0.1) is 0 Å². The fraction of sp³-hybridized carbons (Fsp3) is 0.583. The Morgan fingerprint density at radius 3 is 2.89 bits per heavy atom. The van der Waals surface area contributed by atoms with Gasteiger partial charge in [-0.2, -0.15) is 0 Å². The number of H-pyrrole nitrogens is 1. The van der Waals surface area contributed by atoms with E-state index >= 15 is 0 Å². The van der Waals surface area contributed by atoms with E-state index in [4.69, 9.17) is 0 Å². The van der Waals surface area contributed by atoms with Crippen LogP contribution in [0.15, 0.2) is 16.9 Å². The minimum absolute atomic E-state index is 0.0712. The molecule has 1 aromatic heterocycles. The second-order valence-electron chi connectivity index (χ2n) is 4.82. The van der Waals surface area contributed by atoms with E-state index in [0.717, 1.165) is 36.8 Å². The monoisotopic (exact) mass is 285 g/mol. The molecular weight excluding hydrogens is 266 g/mol. The van der Waals surface area contributed by atoms with E-state index in [1.54, 1.807) is 0 Å². The van der Waals surface area contributed by atoms with Crippen molar-refractivity contribution in [1.29, 1.82) is 0 Å². The molecule has 0 radical (unpaired) electrons. The summed E-state index contributed by atoms with van der Waals surface area (Å²) in [4.78, 5) is 14.1. The van der Waals surface area contributed by atoms with Gasteiger partial charge in [-0.3, -0.25) is 4.79 Å². The van der Waals surface area contributed by atoms with Crippen LogP contribution < -0.4 is 15.6 Å². The van der Waals surface area contributed by atoms with Crippen LogP contribution in [-0.2, 0) is 16.4 Å². The first-order valence-electron chi connectivity index (χ1n) is 6.36. The minimum Gasteiger partial charge on any atom is -0.326 e. The van der Waals surface area contributed by atoms with E-state index in [1.807, 2.05) is 6.07 Å². The summed E-state index contributed by atoms with van der Waals surface area (Å²) in [6, 6.07) is 3.57. The Balaban J connectivity index is 1.94. The first-order valence-corrected chi connectivity index (χ1v) is 8.25. The van der Waals surface area contributed by atoms with Gasteiger partial charge in [-0.05, 0) is 24.8 Å². The summed E-state index contributed by atoms with van der Waals surface area (Å²) in [5, 5.41) is 3.32. The lowest BCUT2D eigenvalue weighted by atomic mass is 9.91. The van der Waals surface area contributed by atoms with Crippen LogP contribution >= 0.6 is 0 Å². The lowest BCUT2D eigenvalue weighted by molar-refractivity contribution is 0.456. The summed E-state index contributed by atoms with van der Waals surface area (Å²) in [7, 11) is -3.13. The molecule has 3 N–H and O–H groups in total. The van der Waals surface area contributed by atoms with E-state index in [1.165, 1.54) is 6.07 Å². The number of sulfonamides is 1. The number of fused-ring (bicyclic) bond motifs is 1. The van der Waals surface area contributed by atoms with Gasteiger partial charge in [0.2, 0.25) is 15.6 Å². The molecule has 1 atom stereocenters. The first-order chi connectivity index (χ1) is 8.96. The van der Waals surface area contributed by atoms with Gasteiger partial charge in [-0.25, -0.2) is 13.1 Å². The van der Waals surface area contributed by atoms with Crippen molar-refractivity contribution < 1.29 is 8.42 Å². The number of rotatable bonds is 5. The summed E-state index contributed by atoms with van der Waals surface area (Å²) in [5.41, 5.74) is 2.04. The molecule has 1 aromatic rings. The van der Waals surface area contributed by atoms with Crippen molar-refractivity contribution in [2.24, 2.45) is 0 Å². The molecule has 0 saturated carbocycles. The molecule has 1 aliphatic carbocycles. The second-order valence-corrected chi connectivity index (χ2v) is 6.65. The molecule has 1 heterocycles. The molecule has 0 bridgehead atoms. The number of aromatic nitrogens is 1. The predicted molar refractivity (Wildman–Crippen MR) is 73.6 cm³/mol. The summed E-state index contributed by atoms with van der Waals surface area (Å²) < 4.78 is 24.3. The summed E-state index contributed by atoms with van der Waals surface area (Å²) in [6.07, 6.45) is 4.06. The number of aromatic amines is 1. The molecule has 0 aliphatic heterocycles. The van der Waals surface area contributed by atoms with Crippen molar-refractivity contribution in [2.75, 3.05) is 19.3 Å². The highest BCUT2D eigenvalue weighted by atomic mass is 32.2. The molecule has 0 fully saturated rings. The molecule has 0 saturated heterocycles. The smallest absolute Gasteiger partial charge is 0.248 e. The van der Waals surface area contributed by atoms with Gasteiger partial charge in [0.25, 0.3) is 0 Å². The van der Waals surface area contributed by atoms with E-state index in [9.17, 15) is 13.2 Å². The van der Waals surface area contributed by atoms with Crippen LogP contribution in [0.1, 0.15) is 30.1 Å². The summed E-state index contributed by atoms with van der Waals surface area (Å²) in [5.74, 6) is 0. The van der Waals surface area contributed by atoms with E-state index < -0.39 is 10.0 Å². The lowest BCUT2D eigenvalue weighted by Crippen LogP contribution is -2.34. The van der Waals surface area contributed by atoms with Crippen molar-refractivity contribution in [3.05, 3.63) is 33.7 Å². The summed E-state index contributed by atoms with van der Waals surface area (Å²) in [6.45, 7) is 0.935. The Morgan fingerprint density at radius 2 is 2.16 bits per heavy atom. The molecule has 19 heavy (non-hydrogen) atoms. The van der Waals surface area contributed by atoms with Gasteiger partial charge in [-0.1, -0.05) is 6.07 Å². The first kappa shape index (κ1) is 14.2. The molecule has 1 aliphatic rings. The van der Waals surface area contributed by atoms with Crippen LogP contribution in [0.4, 0.5) is 0 Å². The summed E-state index contributed by atoms with van der Waals surface area (Å²) >= 11 is 0. The van der Waals surface area contributed by atoms with E-state index in [2.05, 4.69) is 15.0 Å². The van der Waals surface area contributed by atoms with Crippen molar-refractivity contribution in [2.45, 2.75) is 25.3 Å². The van der Waals surface area contributed by atoms with Crippen molar-refractivity contribution >= 4 is 10.0 Å². The van der Waals surface area contributed by atoms with Gasteiger partial charge < -0.3 is 10.3 Å². The highest BCUT2D eigenvalue weighted by Crippen LogP contribution is 2.26. The Hall–Kier alpha value is -1.18. The minimum atomic E-state index is -3.13. The van der Waals surface area contributed by atoms with Gasteiger partial charge in [0.05, 0.1) is 6.26 Å². The highest BCUT2D eigenvalue weighted by Gasteiger charge is 2.19. The topological polar surface area (TPSA) is 91.1 Å². The van der Waals surface area contributed by atoms with E-state index in [-0.39, 0.29) is 11.6 Å². The largest absolute Gasteiger partial charge is 0.326 e. The van der Waals surface area contributed by atoms with E-state index in [0.29, 0.717) is 13.1 Å². The number of nitrogens with one attached hydrogen (secondary N) is 3. The zero-order valence-electron chi connectivity index (χ0n) is 10.9. The van der Waals surface area contributed by atoms with Crippen LogP contribution in [0.2, 0.25) is 0 Å². The van der Waals surface area contributed by atoms with Crippen molar-refractivity contribution in [3.8, 4) is 0 Å². The fourth-order valence-electron chi connectivity index (χ4n) is 2.40. The number of hydrogen-bond acceptors (Lipinski definition) is 4. The molecule has 106 valence electrons. The van der Waals surface area contributed by atoms with Crippen LogP contribution in [0.5, 0.6) is 0 Å². The van der Waals surface area contributed by atoms with Gasteiger partial charge in [0.15, 0.2) is 0 Å². The quantitative estimate of drug-likeness (QED) is 0.658. The second kappa shape index (κ2) is 5.85. The number of aryl methyl sites for hydroxylation is 1. The SMILES string of the molecule is CS(=O)(=O)NCCNC1CCCc2[nH]c(=O)ccc21. The molecule has 7 heteroatoms. The molecular formula is C12H19N3O3S. The number of pyridine rings is 1. The third kappa shape index (κ3) is 4.15. The third-order valence-electron chi connectivity index (χ3n) is 3.21. The van der Waals surface area contributed by atoms with Crippen molar-refractivity contribution in [1.82, 2.24) is 15.0 Å². The van der Waals surface area contributed by atoms with Crippen molar-refractivity contribution in [3.63, 3.8) is 0 Å². The zero-order chi connectivity index (χ0) is 13.9. The lowest BCUT2D eigenvalue weighted by Gasteiger charge is -2.26. The Bertz CT molecular complexity index is 594. The fourth-order valence-corrected chi connectivity index (χ4v) is 2.87. The zero-order valence-corrected chi connectivity index (χ0v) is 11.7. The van der Waals surface area contributed by atoms with Gasteiger partial charge in [-0.15, -0.1) is 0 Å². The predicted octanol–water partition coefficient (Wildman–Crippen LogP) is -0.109. The van der Waals surface area contributed by atoms with Gasteiger partial charge in [0.1, 0.15) is 0 Å². The standard InChI is InChI=1S/C12H19N3O3S/c1-19(17,18)14-8-7-13-10-3-2-4-11-9(10)5-6-12(16)15-11/h5-6,10,13-14H,2-4,7-8H2,1H3,(H,15,16). The Kier molecular flexibility index (Phi) is 4.38. The Morgan fingerprint density at radius 1 is 1.37 bits per heavy atom. The van der Waals surface area contributed by atoms with Gasteiger partial charge in [0, 0.05) is 30.9 Å². The highest BCUT2D eigenvalue weighted by molar-refractivity contribution is 7.88. The number of hydrogen-bond donors (Lipinski definition) is 3. The van der Waals surface area contributed by atoms with Crippen LogP contribution in [0.25, 0.3) is 0 Å². The normalized spacial score (nSPS) is 19.1. The molecule has 0 aromatic carbocycles. The average molecular weight is 285 g/mol. The maximum absolute atomic E-state index is 11.3. The maximum Gasteiger partial charge on any atom is 0.248 e.